The molecule has 0 aliphatic carbocycles. The average molecular weight is 784 g/mol. The second-order valence-corrected chi connectivity index (χ2v) is 18.5. The smallest absolute Gasteiger partial charge is 0.230 e. The minimum absolute atomic E-state index is 0.423. The number of amides is 1. The van der Waals surface area contributed by atoms with Crippen molar-refractivity contribution in [2.45, 2.75) is 310 Å². The third-order valence-electron chi connectivity index (χ3n) is 13.1. The summed E-state index contributed by atoms with van der Waals surface area (Å²) < 4.78 is 0.454. The zero-order valence-electron chi connectivity index (χ0n) is 39.0. The first-order valence-corrected chi connectivity index (χ1v) is 26.4. The second kappa shape index (κ2) is 42.2. The van der Waals surface area contributed by atoms with Gasteiger partial charge in [-0.3, -0.25) is 0 Å². The molecule has 330 valence electrons. The first kappa shape index (κ1) is 53.1. The second-order valence-electron chi connectivity index (χ2n) is 18.5. The predicted molar refractivity (Wildman–Crippen MR) is 251 cm³/mol. The molecule has 0 aromatic carbocycles. The Hall–Kier alpha value is -0.960. The number of hydrogen-bond acceptors (Lipinski definition) is 2. The van der Waals surface area contributed by atoms with Crippen LogP contribution in [0.4, 0.5) is 0 Å². The van der Waals surface area contributed by atoms with Gasteiger partial charge in [-0.2, -0.15) is 4.48 Å². The summed E-state index contributed by atoms with van der Waals surface area (Å²) in [7, 11) is 0. The van der Waals surface area contributed by atoms with Crippen LogP contribution in [0.5, 0.6) is 0 Å². The van der Waals surface area contributed by atoms with Crippen molar-refractivity contribution in [3.8, 4) is 0 Å². The lowest BCUT2D eigenvalue weighted by atomic mass is 10.0. The highest BCUT2D eigenvalue weighted by atomic mass is 16.2. The molecule has 1 atom stereocenters. The van der Waals surface area contributed by atoms with Crippen LogP contribution in [0.3, 0.4) is 0 Å². The zero-order chi connectivity index (χ0) is 40.3. The fourth-order valence-corrected chi connectivity index (χ4v) is 9.12. The van der Waals surface area contributed by atoms with Gasteiger partial charge in [0.15, 0.2) is 0 Å². The van der Waals surface area contributed by atoms with E-state index in [2.05, 4.69) is 27.0 Å². The molecule has 0 aromatic heterocycles. The van der Waals surface area contributed by atoms with Crippen LogP contribution in [0.15, 0.2) is 17.4 Å². The van der Waals surface area contributed by atoms with Gasteiger partial charge in [0.25, 0.3) is 0 Å². The lowest BCUT2D eigenvalue weighted by Gasteiger charge is -2.30. The van der Waals surface area contributed by atoms with Gasteiger partial charge in [0.1, 0.15) is 6.20 Å². The summed E-state index contributed by atoms with van der Waals surface area (Å²) in [4.78, 5) is 19.0. The number of carbonyl (C=O) groups excluding carboxylic acids is 1. The van der Waals surface area contributed by atoms with E-state index in [0.29, 0.717) is 10.4 Å². The molecule has 1 aliphatic heterocycles. The number of amidine groups is 1. The number of carbonyl (C=O) groups is 1. The normalized spacial score (nSPS) is 15.3. The van der Waals surface area contributed by atoms with Crippen LogP contribution in [0.25, 0.3) is 0 Å². The van der Waals surface area contributed by atoms with Crippen LogP contribution in [0.2, 0.25) is 0 Å². The molecule has 1 rings (SSSR count). The minimum atomic E-state index is 0.423. The van der Waals surface area contributed by atoms with Crippen molar-refractivity contribution < 1.29 is 9.28 Å². The van der Waals surface area contributed by atoms with Crippen molar-refractivity contribution in [1.29, 1.82) is 0 Å². The minimum Gasteiger partial charge on any atom is -0.230 e. The van der Waals surface area contributed by atoms with E-state index in [4.69, 9.17) is 4.99 Å². The molecule has 1 aliphatic rings. The van der Waals surface area contributed by atoms with Crippen LogP contribution in [-0.4, -0.2) is 22.8 Å². The van der Waals surface area contributed by atoms with E-state index in [0.717, 1.165) is 38.1 Å². The molecule has 1 unspecified atom stereocenters. The van der Waals surface area contributed by atoms with Crippen LogP contribution >= 0.6 is 0 Å². The number of hydrogen-bond donors (Lipinski definition) is 0. The Bertz CT molecular complexity index is 879. The molecule has 3 nitrogen and oxygen atoms in total. The summed E-state index contributed by atoms with van der Waals surface area (Å²) in [6, 6.07) is 0. The zero-order valence-corrected chi connectivity index (χ0v) is 39.0. The number of nitrogens with zero attached hydrogens (tertiary/aromatic N) is 2. The Labute approximate surface area is 353 Å². The van der Waals surface area contributed by atoms with Gasteiger partial charge in [-0.15, -0.1) is 0 Å². The Morgan fingerprint density at radius 3 is 0.964 bits per heavy atom. The molecule has 0 fully saturated rings. The van der Waals surface area contributed by atoms with Gasteiger partial charge in [0.2, 0.25) is 5.84 Å². The molecular weight excluding hydrogens is 681 g/mol. The van der Waals surface area contributed by atoms with Crippen molar-refractivity contribution in [2.75, 3.05) is 6.54 Å². The molecule has 0 radical (unpaired) electrons. The molecule has 0 spiro atoms. The van der Waals surface area contributed by atoms with E-state index in [9.17, 15) is 4.79 Å². The van der Waals surface area contributed by atoms with E-state index in [1.165, 1.54) is 263 Å². The molecule has 0 saturated carbocycles. The number of aliphatic imine (C=N–C) groups is 1. The molecule has 3 heteroatoms. The predicted octanol–water partition coefficient (Wildman–Crippen LogP) is 18.8. The average Bonchev–Trinajstić information content (AvgIpc) is 3.62. The van der Waals surface area contributed by atoms with Gasteiger partial charge >= 0.3 is 5.91 Å². The molecule has 0 aromatic rings. The van der Waals surface area contributed by atoms with E-state index in [1.807, 2.05) is 6.20 Å². The quantitative estimate of drug-likeness (QED) is 0.0447. The molecule has 0 bridgehead atoms. The summed E-state index contributed by atoms with van der Waals surface area (Å²) in [5.41, 5.74) is 0. The van der Waals surface area contributed by atoms with Gasteiger partial charge in [0.05, 0.1) is 19.2 Å². The summed E-state index contributed by atoms with van der Waals surface area (Å²) in [6.07, 6.45) is 65.0. The highest BCUT2D eigenvalue weighted by Gasteiger charge is 2.41. The fourth-order valence-electron chi connectivity index (χ4n) is 9.12. The Kier molecular flexibility index (Phi) is 40.0. The number of unbranched alkanes of at least 4 members (excludes halogenated alkanes) is 40. The standard InChI is InChI=1S/C53H103N2O/c1-4-7-10-13-16-19-22-25-28-29-32-35-38-41-44-47-52-54-49-51-55(52,50-46-43-40-37-34-31-27-24-21-18-15-12-9-6-3)53(56)48-45-42-39-36-33-30-26-23-20-17-14-11-8-5-2/h49,51H,4-48,50H2,1-3H3/q+1. The van der Waals surface area contributed by atoms with E-state index >= 15 is 0 Å². The monoisotopic (exact) mass is 784 g/mol. The molecule has 1 heterocycles. The van der Waals surface area contributed by atoms with Gasteiger partial charge in [-0.1, -0.05) is 271 Å². The van der Waals surface area contributed by atoms with E-state index in [1.54, 1.807) is 0 Å². The van der Waals surface area contributed by atoms with Gasteiger partial charge in [-0.25, -0.2) is 9.79 Å². The first-order chi connectivity index (χ1) is 27.7. The van der Waals surface area contributed by atoms with Crippen molar-refractivity contribution in [3.05, 3.63) is 12.4 Å². The SMILES string of the molecule is CCCCCCCCCCCCCCCCCC1=NC=C[N+]1(CCCCCCCCCCCCCCCC)C(=O)CCCCCCCCCCCCCCCC. The highest BCUT2D eigenvalue weighted by Crippen LogP contribution is 2.27. The first-order valence-electron chi connectivity index (χ1n) is 26.4. The molecule has 0 N–H and O–H groups in total. The number of rotatable bonds is 46. The molecule has 0 saturated heterocycles. The maximum atomic E-state index is 14.1. The topological polar surface area (TPSA) is 29.4 Å². The third-order valence-corrected chi connectivity index (χ3v) is 13.1. The summed E-state index contributed by atoms with van der Waals surface area (Å²) in [5, 5.41) is 0. The van der Waals surface area contributed by atoms with Gasteiger partial charge in [-0.05, 0) is 25.7 Å². The summed E-state index contributed by atoms with van der Waals surface area (Å²) in [6.45, 7) is 7.84. The van der Waals surface area contributed by atoms with Crippen LogP contribution in [0, 0.1) is 0 Å². The molecule has 1 amide bonds. The van der Waals surface area contributed by atoms with Gasteiger partial charge < -0.3 is 0 Å². The molecule has 56 heavy (non-hydrogen) atoms. The van der Waals surface area contributed by atoms with E-state index < -0.39 is 0 Å². The van der Waals surface area contributed by atoms with Crippen molar-refractivity contribution >= 4 is 11.7 Å². The van der Waals surface area contributed by atoms with Crippen molar-refractivity contribution in [1.82, 2.24) is 0 Å². The largest absolute Gasteiger partial charge is 0.324 e. The summed E-state index contributed by atoms with van der Waals surface area (Å²) >= 11 is 0. The number of quaternary nitrogens is 1. The van der Waals surface area contributed by atoms with Crippen molar-refractivity contribution in [2.24, 2.45) is 4.99 Å². The fraction of sp³-hybridized carbons (Fsp3) is 0.925. The maximum absolute atomic E-state index is 14.1. The Balaban J connectivity index is 2.34. The Morgan fingerprint density at radius 2 is 0.643 bits per heavy atom. The summed E-state index contributed by atoms with van der Waals surface area (Å²) in [5.74, 6) is 1.58. The van der Waals surface area contributed by atoms with Crippen LogP contribution in [-0.2, 0) is 4.79 Å². The molecular formula is C53H103N2O+. The van der Waals surface area contributed by atoms with Crippen LogP contribution in [0.1, 0.15) is 310 Å². The maximum Gasteiger partial charge on any atom is 0.324 e. The highest BCUT2D eigenvalue weighted by molar-refractivity contribution is 5.90. The van der Waals surface area contributed by atoms with E-state index in [-0.39, 0.29) is 0 Å². The van der Waals surface area contributed by atoms with Crippen molar-refractivity contribution in [3.63, 3.8) is 0 Å². The Morgan fingerprint density at radius 1 is 0.375 bits per heavy atom. The lowest BCUT2D eigenvalue weighted by Crippen LogP contribution is -2.52. The lowest BCUT2D eigenvalue weighted by molar-refractivity contribution is -0.708. The van der Waals surface area contributed by atoms with Crippen LogP contribution < -0.4 is 0 Å². The third kappa shape index (κ3) is 31.0. The van der Waals surface area contributed by atoms with Gasteiger partial charge in [0, 0.05) is 6.42 Å².